The van der Waals surface area contributed by atoms with E-state index in [2.05, 4.69) is 22.9 Å². The largest absolute Gasteiger partial charge is 0.376 e. The number of carbonyl (C=O) groups is 3. The molecule has 176 valence electrons. The number of rotatable bonds is 9. The Hall–Kier alpha value is -3.35. The van der Waals surface area contributed by atoms with Gasteiger partial charge in [-0.1, -0.05) is 32.3 Å². The molecule has 1 heterocycles. The average molecular weight is 451 g/mol. The standard InChI is InChI=1S/C26H34N4O3/c1-2-3-15-27-25(32)20-11-13-22(14-12-20)28-19-24(31)29-23-10-8-9-21(18-23)26(33)30-16-6-4-5-7-17-30/h8-14,18,28H,2-7,15-17,19H2,1H3,(H,27,32)(H,29,31). The van der Waals surface area contributed by atoms with Gasteiger partial charge in [0.15, 0.2) is 0 Å². The molecule has 1 saturated heterocycles. The molecule has 7 heteroatoms. The third kappa shape index (κ3) is 7.63. The minimum absolute atomic E-state index is 0.0185. The van der Waals surface area contributed by atoms with Crippen molar-refractivity contribution in [3.8, 4) is 0 Å². The van der Waals surface area contributed by atoms with E-state index in [1.165, 1.54) is 12.8 Å². The molecule has 0 unspecified atom stereocenters. The van der Waals surface area contributed by atoms with Crippen LogP contribution in [-0.2, 0) is 4.79 Å². The summed E-state index contributed by atoms with van der Waals surface area (Å²) < 4.78 is 0. The highest BCUT2D eigenvalue weighted by molar-refractivity contribution is 5.98. The first-order valence-electron chi connectivity index (χ1n) is 11.9. The van der Waals surface area contributed by atoms with E-state index < -0.39 is 0 Å². The van der Waals surface area contributed by atoms with Crippen LogP contribution in [0.2, 0.25) is 0 Å². The van der Waals surface area contributed by atoms with Crippen molar-refractivity contribution in [2.75, 3.05) is 36.8 Å². The van der Waals surface area contributed by atoms with Crippen LogP contribution < -0.4 is 16.0 Å². The number of hydrogen-bond donors (Lipinski definition) is 3. The van der Waals surface area contributed by atoms with E-state index in [-0.39, 0.29) is 24.3 Å². The van der Waals surface area contributed by atoms with Crippen LogP contribution >= 0.6 is 0 Å². The molecule has 0 saturated carbocycles. The van der Waals surface area contributed by atoms with Gasteiger partial charge in [-0.2, -0.15) is 0 Å². The number of anilines is 2. The second-order valence-corrected chi connectivity index (χ2v) is 8.38. The van der Waals surface area contributed by atoms with Crippen molar-refractivity contribution < 1.29 is 14.4 Å². The molecule has 0 atom stereocenters. The van der Waals surface area contributed by atoms with Gasteiger partial charge in [0, 0.05) is 42.1 Å². The molecule has 1 aliphatic rings. The van der Waals surface area contributed by atoms with Crippen LogP contribution in [-0.4, -0.2) is 48.8 Å². The predicted octanol–water partition coefficient (Wildman–Crippen LogP) is 4.28. The number of nitrogens with one attached hydrogen (secondary N) is 3. The Labute approximate surface area is 195 Å². The second kappa shape index (κ2) is 12.6. The molecule has 3 amide bonds. The van der Waals surface area contributed by atoms with Crippen LogP contribution in [0.5, 0.6) is 0 Å². The van der Waals surface area contributed by atoms with Gasteiger partial charge in [-0.3, -0.25) is 14.4 Å². The molecule has 1 fully saturated rings. The second-order valence-electron chi connectivity index (χ2n) is 8.38. The molecular formula is C26H34N4O3. The van der Waals surface area contributed by atoms with Crippen LogP contribution in [0.1, 0.15) is 66.2 Å². The smallest absolute Gasteiger partial charge is 0.253 e. The molecule has 2 aromatic rings. The van der Waals surface area contributed by atoms with Crippen LogP contribution in [0.15, 0.2) is 48.5 Å². The van der Waals surface area contributed by atoms with Gasteiger partial charge in [0.2, 0.25) is 5.91 Å². The minimum Gasteiger partial charge on any atom is -0.376 e. The van der Waals surface area contributed by atoms with Crippen molar-refractivity contribution in [3.05, 3.63) is 59.7 Å². The Morgan fingerprint density at radius 3 is 2.30 bits per heavy atom. The molecular weight excluding hydrogens is 416 g/mol. The molecule has 33 heavy (non-hydrogen) atoms. The lowest BCUT2D eigenvalue weighted by atomic mass is 10.1. The number of hydrogen-bond acceptors (Lipinski definition) is 4. The number of carbonyl (C=O) groups excluding carboxylic acids is 3. The first-order chi connectivity index (χ1) is 16.1. The van der Waals surface area contributed by atoms with Crippen molar-refractivity contribution in [2.24, 2.45) is 0 Å². The Bertz CT molecular complexity index is 935. The molecule has 0 aliphatic carbocycles. The maximum Gasteiger partial charge on any atom is 0.253 e. The molecule has 0 radical (unpaired) electrons. The monoisotopic (exact) mass is 450 g/mol. The summed E-state index contributed by atoms with van der Waals surface area (Å²) in [5.74, 6) is -0.289. The van der Waals surface area contributed by atoms with Crippen LogP contribution in [0.25, 0.3) is 0 Å². The third-order valence-electron chi connectivity index (χ3n) is 5.70. The lowest BCUT2D eigenvalue weighted by Gasteiger charge is -2.20. The van der Waals surface area contributed by atoms with Gasteiger partial charge in [-0.25, -0.2) is 0 Å². The van der Waals surface area contributed by atoms with E-state index in [1.807, 2.05) is 4.90 Å². The number of nitrogens with zero attached hydrogens (tertiary/aromatic N) is 1. The van der Waals surface area contributed by atoms with E-state index in [4.69, 9.17) is 0 Å². The zero-order valence-corrected chi connectivity index (χ0v) is 19.4. The number of unbranched alkanes of at least 4 members (excludes halogenated alkanes) is 1. The maximum absolute atomic E-state index is 12.8. The summed E-state index contributed by atoms with van der Waals surface area (Å²) in [6.45, 7) is 4.40. The molecule has 0 bridgehead atoms. The van der Waals surface area contributed by atoms with Crippen LogP contribution in [0.3, 0.4) is 0 Å². The Morgan fingerprint density at radius 1 is 0.879 bits per heavy atom. The molecule has 3 rings (SSSR count). The highest BCUT2D eigenvalue weighted by atomic mass is 16.2. The topological polar surface area (TPSA) is 90.5 Å². The highest BCUT2D eigenvalue weighted by Crippen LogP contribution is 2.17. The van der Waals surface area contributed by atoms with Crippen molar-refractivity contribution in [1.29, 1.82) is 0 Å². The fourth-order valence-electron chi connectivity index (χ4n) is 3.79. The van der Waals surface area contributed by atoms with Crippen molar-refractivity contribution in [1.82, 2.24) is 10.2 Å². The summed E-state index contributed by atoms with van der Waals surface area (Å²) in [7, 11) is 0. The highest BCUT2D eigenvalue weighted by Gasteiger charge is 2.17. The van der Waals surface area contributed by atoms with Gasteiger partial charge in [-0.15, -0.1) is 0 Å². The van der Waals surface area contributed by atoms with Gasteiger partial charge < -0.3 is 20.9 Å². The van der Waals surface area contributed by atoms with E-state index in [0.29, 0.717) is 23.4 Å². The fraction of sp³-hybridized carbons (Fsp3) is 0.423. The van der Waals surface area contributed by atoms with Crippen molar-refractivity contribution >= 4 is 29.1 Å². The number of likely N-dealkylation sites (tertiary alicyclic amines) is 1. The quantitative estimate of drug-likeness (QED) is 0.497. The molecule has 3 N–H and O–H groups in total. The van der Waals surface area contributed by atoms with Crippen molar-refractivity contribution in [2.45, 2.75) is 45.4 Å². The lowest BCUT2D eigenvalue weighted by Crippen LogP contribution is -2.31. The summed E-state index contributed by atoms with van der Waals surface area (Å²) in [6.07, 6.45) is 6.40. The molecule has 0 aromatic heterocycles. The predicted molar refractivity (Wildman–Crippen MR) is 132 cm³/mol. The van der Waals surface area contributed by atoms with E-state index in [0.717, 1.165) is 44.5 Å². The van der Waals surface area contributed by atoms with E-state index >= 15 is 0 Å². The van der Waals surface area contributed by atoms with Gasteiger partial charge >= 0.3 is 0 Å². The van der Waals surface area contributed by atoms with E-state index in [1.54, 1.807) is 48.5 Å². The first-order valence-corrected chi connectivity index (χ1v) is 11.9. The SMILES string of the molecule is CCCCNC(=O)c1ccc(NCC(=O)Nc2cccc(C(=O)N3CCCCCC3)c2)cc1. The van der Waals surface area contributed by atoms with Gasteiger partial charge in [0.1, 0.15) is 0 Å². The Kier molecular flexibility index (Phi) is 9.30. The zero-order valence-electron chi connectivity index (χ0n) is 19.4. The van der Waals surface area contributed by atoms with E-state index in [9.17, 15) is 14.4 Å². The third-order valence-corrected chi connectivity index (χ3v) is 5.70. The summed E-state index contributed by atoms with van der Waals surface area (Å²) in [4.78, 5) is 39.2. The van der Waals surface area contributed by atoms with Crippen molar-refractivity contribution in [3.63, 3.8) is 0 Å². The van der Waals surface area contributed by atoms with Gasteiger partial charge in [-0.05, 0) is 61.7 Å². The fourth-order valence-corrected chi connectivity index (χ4v) is 3.79. The van der Waals surface area contributed by atoms with Gasteiger partial charge in [0.25, 0.3) is 11.8 Å². The summed E-state index contributed by atoms with van der Waals surface area (Å²) in [6, 6.07) is 14.1. The Morgan fingerprint density at radius 2 is 1.61 bits per heavy atom. The summed E-state index contributed by atoms with van der Waals surface area (Å²) in [5.41, 5.74) is 2.53. The van der Waals surface area contributed by atoms with Gasteiger partial charge in [0.05, 0.1) is 6.54 Å². The summed E-state index contributed by atoms with van der Waals surface area (Å²) >= 11 is 0. The first kappa shape index (κ1) is 24.3. The van der Waals surface area contributed by atoms with Crippen LogP contribution in [0.4, 0.5) is 11.4 Å². The van der Waals surface area contributed by atoms with Crippen LogP contribution in [0, 0.1) is 0 Å². The normalized spacial score (nSPS) is 13.7. The zero-order chi connectivity index (χ0) is 23.5. The number of benzene rings is 2. The Balaban J connectivity index is 1.49. The maximum atomic E-state index is 12.8. The average Bonchev–Trinajstić information content (AvgIpc) is 3.12. The molecule has 7 nitrogen and oxygen atoms in total. The molecule has 0 spiro atoms. The molecule has 1 aliphatic heterocycles. The minimum atomic E-state index is -0.212. The summed E-state index contributed by atoms with van der Waals surface area (Å²) in [5, 5.41) is 8.79. The number of amides is 3. The lowest BCUT2D eigenvalue weighted by molar-refractivity contribution is -0.114. The molecule has 2 aromatic carbocycles.